The van der Waals surface area contributed by atoms with E-state index in [0.717, 1.165) is 12.5 Å². The van der Waals surface area contributed by atoms with Crippen LogP contribution in [0.3, 0.4) is 0 Å². The maximum Gasteiger partial charge on any atom is 0.418 e. The molecule has 0 bridgehead atoms. The summed E-state index contributed by atoms with van der Waals surface area (Å²) in [5.74, 6) is -1.02. The molecule has 0 amide bonds. The molecule has 0 saturated carbocycles. The minimum atomic E-state index is -4.43. The third-order valence-electron chi connectivity index (χ3n) is 3.59. The number of hydrogen-bond donors (Lipinski definition) is 1. The molecule has 1 saturated heterocycles. The smallest absolute Gasteiger partial charge is 0.418 e. The molecule has 7 heteroatoms. The van der Waals surface area contributed by atoms with Crippen molar-refractivity contribution in [2.75, 3.05) is 18.0 Å². The first-order chi connectivity index (χ1) is 9.77. The second-order valence-corrected chi connectivity index (χ2v) is 6.13. The molecule has 1 aromatic rings. The molecule has 1 atom stereocenters. The SMILES string of the molecule is O=C(O)CC1CCCN(c2ccc(Br)cc2C(F)(F)F)C1. The fourth-order valence-corrected chi connectivity index (χ4v) is 3.07. The summed E-state index contributed by atoms with van der Waals surface area (Å²) < 4.78 is 39.8. The highest BCUT2D eigenvalue weighted by atomic mass is 79.9. The lowest BCUT2D eigenvalue weighted by Gasteiger charge is -2.35. The molecule has 1 unspecified atom stereocenters. The molecule has 21 heavy (non-hydrogen) atoms. The Morgan fingerprint density at radius 3 is 2.76 bits per heavy atom. The number of anilines is 1. The van der Waals surface area contributed by atoms with Gasteiger partial charge in [0.05, 0.1) is 5.56 Å². The van der Waals surface area contributed by atoms with Crippen molar-refractivity contribution in [3.05, 3.63) is 28.2 Å². The highest BCUT2D eigenvalue weighted by Gasteiger charge is 2.36. The van der Waals surface area contributed by atoms with Gasteiger partial charge in [-0.25, -0.2) is 0 Å². The molecule has 0 aromatic heterocycles. The van der Waals surface area contributed by atoms with Gasteiger partial charge in [-0.05, 0) is 37.0 Å². The second-order valence-electron chi connectivity index (χ2n) is 5.21. The van der Waals surface area contributed by atoms with E-state index in [1.807, 2.05) is 0 Å². The van der Waals surface area contributed by atoms with Gasteiger partial charge in [-0.1, -0.05) is 15.9 Å². The van der Waals surface area contributed by atoms with Crippen molar-refractivity contribution in [2.45, 2.75) is 25.4 Å². The molecule has 1 N–H and O–H groups in total. The average molecular weight is 366 g/mol. The van der Waals surface area contributed by atoms with Crippen molar-refractivity contribution in [3.63, 3.8) is 0 Å². The zero-order chi connectivity index (χ0) is 15.6. The summed E-state index contributed by atoms with van der Waals surface area (Å²) in [5.41, 5.74) is -0.561. The number of rotatable bonds is 3. The fraction of sp³-hybridized carbons (Fsp3) is 0.500. The number of piperidine rings is 1. The third-order valence-corrected chi connectivity index (χ3v) is 4.08. The molecule has 116 valence electrons. The lowest BCUT2D eigenvalue weighted by atomic mass is 9.94. The highest BCUT2D eigenvalue weighted by molar-refractivity contribution is 9.10. The van der Waals surface area contributed by atoms with E-state index in [1.54, 1.807) is 11.0 Å². The minimum absolute atomic E-state index is 0.00558. The number of carboxylic acids is 1. The minimum Gasteiger partial charge on any atom is -0.481 e. The predicted octanol–water partition coefficient (Wildman–Crippen LogP) is 4.16. The van der Waals surface area contributed by atoms with Crippen LogP contribution >= 0.6 is 15.9 Å². The van der Waals surface area contributed by atoms with Crippen molar-refractivity contribution in [2.24, 2.45) is 5.92 Å². The standard InChI is InChI=1S/C14H15BrF3NO2/c15-10-3-4-12(11(7-10)14(16,17)18)19-5-1-2-9(8-19)6-13(20)21/h3-4,7,9H,1-2,5-6,8H2,(H,20,21). The van der Waals surface area contributed by atoms with E-state index in [9.17, 15) is 18.0 Å². The Morgan fingerprint density at radius 1 is 1.43 bits per heavy atom. The topological polar surface area (TPSA) is 40.5 Å². The number of halogens is 4. The molecule has 0 aliphatic carbocycles. The molecule has 1 aliphatic rings. The van der Waals surface area contributed by atoms with Gasteiger partial charge in [-0.15, -0.1) is 0 Å². The predicted molar refractivity (Wildman–Crippen MR) is 76.3 cm³/mol. The van der Waals surface area contributed by atoms with Gasteiger partial charge in [-0.2, -0.15) is 13.2 Å². The van der Waals surface area contributed by atoms with Gasteiger partial charge in [0.1, 0.15) is 0 Å². The van der Waals surface area contributed by atoms with Crippen LogP contribution < -0.4 is 4.90 Å². The van der Waals surface area contributed by atoms with Crippen molar-refractivity contribution in [1.29, 1.82) is 0 Å². The van der Waals surface area contributed by atoms with Crippen LogP contribution in [0.4, 0.5) is 18.9 Å². The number of carbonyl (C=O) groups is 1. The van der Waals surface area contributed by atoms with Crippen LogP contribution in [0.2, 0.25) is 0 Å². The Labute approximate surface area is 128 Å². The van der Waals surface area contributed by atoms with Crippen LogP contribution in [0.1, 0.15) is 24.8 Å². The molecule has 1 aromatic carbocycles. The molecule has 2 rings (SSSR count). The fourth-order valence-electron chi connectivity index (χ4n) is 2.71. The maximum atomic E-state index is 13.1. The van der Waals surface area contributed by atoms with E-state index in [2.05, 4.69) is 15.9 Å². The molecular formula is C14H15BrF3NO2. The lowest BCUT2D eigenvalue weighted by molar-refractivity contribution is -0.139. The van der Waals surface area contributed by atoms with Gasteiger partial charge in [0.25, 0.3) is 0 Å². The lowest BCUT2D eigenvalue weighted by Crippen LogP contribution is -2.37. The Kier molecular flexibility index (Phi) is 4.81. The normalized spacial score (nSPS) is 19.6. The van der Waals surface area contributed by atoms with Crippen LogP contribution in [0.25, 0.3) is 0 Å². The zero-order valence-electron chi connectivity index (χ0n) is 11.2. The van der Waals surface area contributed by atoms with Gasteiger partial charge in [0.15, 0.2) is 0 Å². The Bertz CT molecular complexity index is 533. The number of alkyl halides is 3. The monoisotopic (exact) mass is 365 g/mol. The van der Waals surface area contributed by atoms with Crippen molar-refractivity contribution < 1.29 is 23.1 Å². The first-order valence-corrected chi connectivity index (χ1v) is 7.40. The summed E-state index contributed by atoms with van der Waals surface area (Å²) >= 11 is 3.06. The summed E-state index contributed by atoms with van der Waals surface area (Å²) in [5, 5.41) is 8.84. The molecule has 3 nitrogen and oxygen atoms in total. The third kappa shape index (κ3) is 4.12. The van der Waals surface area contributed by atoms with E-state index in [4.69, 9.17) is 5.11 Å². The van der Waals surface area contributed by atoms with Crippen molar-refractivity contribution in [1.82, 2.24) is 0 Å². The second kappa shape index (κ2) is 6.25. The van der Waals surface area contributed by atoms with E-state index in [-0.39, 0.29) is 18.0 Å². The van der Waals surface area contributed by atoms with Gasteiger partial charge in [-0.3, -0.25) is 4.79 Å². The maximum absolute atomic E-state index is 13.1. The molecule has 1 fully saturated rings. The summed E-state index contributed by atoms with van der Waals surface area (Å²) in [4.78, 5) is 12.4. The van der Waals surface area contributed by atoms with Crippen molar-refractivity contribution in [3.8, 4) is 0 Å². The van der Waals surface area contributed by atoms with Crippen LogP contribution in [-0.2, 0) is 11.0 Å². The van der Waals surface area contributed by atoms with E-state index in [1.165, 1.54) is 6.07 Å². The number of aliphatic carboxylic acids is 1. The Balaban J connectivity index is 2.27. The van der Waals surface area contributed by atoms with E-state index < -0.39 is 17.7 Å². The molecule has 0 spiro atoms. The number of nitrogens with zero attached hydrogens (tertiary/aromatic N) is 1. The first-order valence-electron chi connectivity index (χ1n) is 6.61. The number of carboxylic acid groups (broad SMARTS) is 1. The average Bonchev–Trinajstić information content (AvgIpc) is 2.37. The van der Waals surface area contributed by atoms with Crippen LogP contribution in [0.5, 0.6) is 0 Å². The van der Waals surface area contributed by atoms with E-state index >= 15 is 0 Å². The van der Waals surface area contributed by atoms with Crippen LogP contribution in [0.15, 0.2) is 22.7 Å². The molecule has 1 heterocycles. The summed E-state index contributed by atoms with van der Waals surface area (Å²) in [7, 11) is 0. The largest absolute Gasteiger partial charge is 0.481 e. The van der Waals surface area contributed by atoms with E-state index in [0.29, 0.717) is 24.0 Å². The van der Waals surface area contributed by atoms with Gasteiger partial charge in [0, 0.05) is 29.7 Å². The highest BCUT2D eigenvalue weighted by Crippen LogP contribution is 2.39. The molecule has 1 aliphatic heterocycles. The number of hydrogen-bond acceptors (Lipinski definition) is 2. The number of benzene rings is 1. The quantitative estimate of drug-likeness (QED) is 0.874. The summed E-state index contributed by atoms with van der Waals surface area (Å²) in [6.07, 6.45) is -3.00. The van der Waals surface area contributed by atoms with Crippen molar-refractivity contribution >= 4 is 27.6 Å². The Morgan fingerprint density at radius 2 is 2.14 bits per heavy atom. The van der Waals surface area contributed by atoms with Gasteiger partial charge < -0.3 is 10.0 Å². The first kappa shape index (κ1) is 16.1. The Hall–Kier alpha value is -1.24. The summed E-state index contributed by atoms with van der Waals surface area (Å²) in [6, 6.07) is 4.08. The summed E-state index contributed by atoms with van der Waals surface area (Å²) in [6.45, 7) is 0.859. The molecule has 0 radical (unpaired) electrons. The van der Waals surface area contributed by atoms with Gasteiger partial charge >= 0.3 is 12.1 Å². The van der Waals surface area contributed by atoms with Crippen LogP contribution in [-0.4, -0.2) is 24.2 Å². The van der Waals surface area contributed by atoms with Gasteiger partial charge in [0.2, 0.25) is 0 Å². The molecular weight excluding hydrogens is 351 g/mol. The van der Waals surface area contributed by atoms with Crippen LogP contribution in [0, 0.1) is 5.92 Å². The zero-order valence-corrected chi connectivity index (χ0v) is 12.7.